The number of anilines is 2. The highest BCUT2D eigenvalue weighted by atomic mass is 16.3. The molecule has 1 fully saturated rings. The molecule has 9 heteroatoms. The average Bonchev–Trinajstić information content (AvgIpc) is 2.88. The third kappa shape index (κ3) is 4.76. The van der Waals surface area contributed by atoms with Crippen LogP contribution in [0.1, 0.15) is 15.9 Å². The quantitative estimate of drug-likeness (QED) is 0.361. The highest BCUT2D eigenvalue weighted by molar-refractivity contribution is 6.06. The second-order valence-electron chi connectivity index (χ2n) is 8.57. The molecule has 3 aromatic heterocycles. The Bertz CT molecular complexity index is 1340. The first-order chi connectivity index (χ1) is 17.2. The molecule has 0 aliphatic carbocycles. The molecular formula is C26H27N7O2. The van der Waals surface area contributed by atoms with E-state index in [1.54, 1.807) is 25.6 Å². The van der Waals surface area contributed by atoms with Gasteiger partial charge in [-0.25, -0.2) is 15.0 Å². The summed E-state index contributed by atoms with van der Waals surface area (Å²) in [6.45, 7) is 2.55. The van der Waals surface area contributed by atoms with Gasteiger partial charge in [-0.05, 0) is 30.2 Å². The molecular weight excluding hydrogens is 442 g/mol. The molecule has 0 atom stereocenters. The van der Waals surface area contributed by atoms with Gasteiger partial charge in [0.15, 0.2) is 0 Å². The molecule has 5 rings (SSSR count). The average molecular weight is 470 g/mol. The summed E-state index contributed by atoms with van der Waals surface area (Å²) in [5, 5.41) is 16.1. The summed E-state index contributed by atoms with van der Waals surface area (Å²) in [4.78, 5) is 32.2. The minimum absolute atomic E-state index is 0.122. The number of rotatable bonds is 8. The van der Waals surface area contributed by atoms with Gasteiger partial charge >= 0.3 is 0 Å². The summed E-state index contributed by atoms with van der Waals surface area (Å²) < 4.78 is 0. The lowest BCUT2D eigenvalue weighted by Crippen LogP contribution is -2.48. The molecule has 1 aromatic carbocycles. The molecule has 1 aliphatic rings. The van der Waals surface area contributed by atoms with Gasteiger partial charge in [0.2, 0.25) is 0 Å². The Morgan fingerprint density at radius 1 is 1.11 bits per heavy atom. The van der Waals surface area contributed by atoms with Crippen LogP contribution in [0, 0.1) is 5.92 Å². The van der Waals surface area contributed by atoms with Crippen molar-refractivity contribution in [2.24, 2.45) is 5.92 Å². The van der Waals surface area contributed by atoms with E-state index in [0.717, 1.165) is 58.9 Å². The topological polar surface area (TPSA) is 116 Å². The highest BCUT2D eigenvalue weighted by Crippen LogP contribution is 2.25. The number of pyridine rings is 2. The van der Waals surface area contributed by atoms with Gasteiger partial charge < -0.3 is 20.6 Å². The number of aliphatic hydroxyl groups excluding tert-OH is 1. The molecule has 0 radical (unpaired) electrons. The zero-order valence-electron chi connectivity index (χ0n) is 19.5. The van der Waals surface area contributed by atoms with Gasteiger partial charge in [0.1, 0.15) is 18.0 Å². The molecule has 4 heterocycles. The molecule has 3 N–H and O–H groups in total. The number of nitrogens with zero attached hydrogens (tertiary/aromatic N) is 5. The van der Waals surface area contributed by atoms with E-state index in [1.807, 2.05) is 42.6 Å². The van der Waals surface area contributed by atoms with Crippen LogP contribution in [0.15, 0.2) is 61.2 Å². The lowest BCUT2D eigenvalue weighted by atomic mass is 10.0. The highest BCUT2D eigenvalue weighted by Gasteiger charge is 2.26. The van der Waals surface area contributed by atoms with E-state index in [4.69, 9.17) is 0 Å². The van der Waals surface area contributed by atoms with Crippen LogP contribution in [-0.2, 0) is 6.42 Å². The van der Waals surface area contributed by atoms with Crippen molar-refractivity contribution in [2.45, 2.75) is 6.42 Å². The smallest absolute Gasteiger partial charge is 0.251 e. The van der Waals surface area contributed by atoms with Gasteiger partial charge in [-0.1, -0.05) is 18.2 Å². The van der Waals surface area contributed by atoms with Crippen LogP contribution in [0.5, 0.6) is 0 Å². The van der Waals surface area contributed by atoms with Gasteiger partial charge in [0, 0.05) is 68.6 Å². The lowest BCUT2D eigenvalue weighted by Gasteiger charge is -2.39. The second kappa shape index (κ2) is 10.0. The fourth-order valence-electron chi connectivity index (χ4n) is 4.31. The van der Waals surface area contributed by atoms with E-state index in [1.165, 1.54) is 0 Å². The summed E-state index contributed by atoms with van der Waals surface area (Å²) in [6, 6.07) is 13.5. The Balaban J connectivity index is 1.25. The summed E-state index contributed by atoms with van der Waals surface area (Å²) in [6.07, 6.45) is 5.76. The molecule has 0 saturated carbocycles. The monoisotopic (exact) mass is 469 g/mol. The normalized spacial score (nSPS) is 13.5. The van der Waals surface area contributed by atoms with E-state index >= 15 is 0 Å². The van der Waals surface area contributed by atoms with Crippen molar-refractivity contribution in [2.75, 3.05) is 43.5 Å². The number of aliphatic hydroxyl groups is 1. The van der Waals surface area contributed by atoms with E-state index in [9.17, 15) is 9.90 Å². The molecule has 4 aromatic rings. The third-order valence-electron chi connectivity index (χ3n) is 6.28. The molecule has 178 valence electrons. The number of amides is 1. The maximum Gasteiger partial charge on any atom is 0.251 e. The van der Waals surface area contributed by atoms with Crippen LogP contribution in [0.25, 0.3) is 22.2 Å². The van der Waals surface area contributed by atoms with Crippen molar-refractivity contribution >= 4 is 28.4 Å². The third-order valence-corrected chi connectivity index (χ3v) is 6.28. The van der Waals surface area contributed by atoms with Crippen LogP contribution < -0.4 is 15.5 Å². The fourth-order valence-corrected chi connectivity index (χ4v) is 4.31. The van der Waals surface area contributed by atoms with E-state index in [-0.39, 0.29) is 12.5 Å². The number of aromatic nitrogens is 4. The lowest BCUT2D eigenvalue weighted by molar-refractivity contribution is 0.0964. The maximum absolute atomic E-state index is 12.2. The van der Waals surface area contributed by atoms with Crippen molar-refractivity contribution in [3.8, 4) is 11.3 Å². The predicted molar refractivity (Wildman–Crippen MR) is 135 cm³/mol. The van der Waals surface area contributed by atoms with Crippen LogP contribution in [0.3, 0.4) is 0 Å². The van der Waals surface area contributed by atoms with Crippen molar-refractivity contribution in [1.82, 2.24) is 25.3 Å². The first-order valence-electron chi connectivity index (χ1n) is 11.6. The number of para-hydroxylation sites is 1. The minimum atomic E-state index is -0.122. The van der Waals surface area contributed by atoms with Gasteiger partial charge in [0.25, 0.3) is 5.91 Å². The number of benzene rings is 1. The SMILES string of the molecule is CNC(=O)c1ccnc2c(CCNc3cc(-c4ccc(N5CC(CO)C5)nc4)ncn3)cccc12. The summed E-state index contributed by atoms with van der Waals surface area (Å²) in [5.74, 6) is 1.86. The van der Waals surface area contributed by atoms with Gasteiger partial charge in [-0.2, -0.15) is 0 Å². The molecule has 1 saturated heterocycles. The van der Waals surface area contributed by atoms with Crippen LogP contribution in [0.2, 0.25) is 0 Å². The first-order valence-corrected chi connectivity index (χ1v) is 11.6. The summed E-state index contributed by atoms with van der Waals surface area (Å²) in [7, 11) is 1.63. The zero-order valence-corrected chi connectivity index (χ0v) is 19.5. The number of hydrogen-bond donors (Lipinski definition) is 3. The number of hydrogen-bond acceptors (Lipinski definition) is 8. The molecule has 35 heavy (non-hydrogen) atoms. The zero-order chi connectivity index (χ0) is 24.2. The van der Waals surface area contributed by atoms with Gasteiger partial charge in [0.05, 0.1) is 16.8 Å². The van der Waals surface area contributed by atoms with Crippen molar-refractivity contribution in [3.63, 3.8) is 0 Å². The number of fused-ring (bicyclic) bond motifs is 1. The van der Waals surface area contributed by atoms with Crippen LogP contribution in [-0.4, -0.2) is 64.2 Å². The van der Waals surface area contributed by atoms with E-state index < -0.39 is 0 Å². The first kappa shape index (κ1) is 22.7. The minimum Gasteiger partial charge on any atom is -0.396 e. The molecule has 1 amide bonds. The number of carbonyl (C=O) groups excluding carboxylic acids is 1. The van der Waals surface area contributed by atoms with Crippen LogP contribution >= 0.6 is 0 Å². The number of carbonyl (C=O) groups is 1. The van der Waals surface area contributed by atoms with Crippen molar-refractivity contribution in [1.29, 1.82) is 0 Å². The molecule has 0 bridgehead atoms. The van der Waals surface area contributed by atoms with Crippen molar-refractivity contribution < 1.29 is 9.90 Å². The number of nitrogens with one attached hydrogen (secondary N) is 2. The Hall–Kier alpha value is -4.11. The Kier molecular flexibility index (Phi) is 6.49. The fraction of sp³-hybridized carbons (Fsp3) is 0.269. The summed E-state index contributed by atoms with van der Waals surface area (Å²) >= 11 is 0. The van der Waals surface area contributed by atoms with Crippen LogP contribution in [0.4, 0.5) is 11.6 Å². The van der Waals surface area contributed by atoms with E-state index in [2.05, 4.69) is 35.5 Å². The molecule has 0 spiro atoms. The predicted octanol–water partition coefficient (Wildman–Crippen LogP) is 2.53. The molecule has 9 nitrogen and oxygen atoms in total. The molecule has 0 unspecified atom stereocenters. The standard InChI is InChI=1S/C26H27N7O2/c1-27-26(35)21-8-10-29-25-18(3-2-4-20(21)25)7-9-28-23-11-22(31-16-32-23)19-5-6-24(30-12-19)33-13-17(14-33)15-34/h2-6,8,10-12,16-17,34H,7,9,13-15H2,1H3,(H,27,35)(H,28,31,32). The van der Waals surface area contributed by atoms with Gasteiger partial charge in [-0.15, -0.1) is 0 Å². The Morgan fingerprint density at radius 3 is 2.77 bits per heavy atom. The second-order valence-corrected chi connectivity index (χ2v) is 8.57. The van der Waals surface area contributed by atoms with Crippen molar-refractivity contribution in [3.05, 3.63) is 72.3 Å². The Morgan fingerprint density at radius 2 is 2.00 bits per heavy atom. The molecule has 1 aliphatic heterocycles. The maximum atomic E-state index is 12.2. The van der Waals surface area contributed by atoms with E-state index in [0.29, 0.717) is 18.0 Å². The largest absolute Gasteiger partial charge is 0.396 e. The Labute approximate surface area is 203 Å². The summed E-state index contributed by atoms with van der Waals surface area (Å²) in [5.41, 5.74) is 4.22. The van der Waals surface area contributed by atoms with Gasteiger partial charge in [-0.3, -0.25) is 9.78 Å².